The summed E-state index contributed by atoms with van der Waals surface area (Å²) >= 11 is 3.44. The summed E-state index contributed by atoms with van der Waals surface area (Å²) in [7, 11) is 0. The highest BCUT2D eigenvalue weighted by Gasteiger charge is 2.10. The third kappa shape index (κ3) is 3.67. The van der Waals surface area contributed by atoms with Crippen LogP contribution < -0.4 is 11.1 Å². The lowest BCUT2D eigenvalue weighted by molar-refractivity contribution is 0.196. The Hall–Kier alpha value is -2.02. The minimum atomic E-state index is -0.611. The Morgan fingerprint density at radius 1 is 1.22 bits per heavy atom. The maximum absolute atomic E-state index is 9.67. The molecule has 3 aromatic rings. The number of aromatic nitrogens is 2. The van der Waals surface area contributed by atoms with Crippen molar-refractivity contribution in [2.45, 2.75) is 6.10 Å². The largest absolute Gasteiger partial charge is 0.390 e. The summed E-state index contributed by atoms with van der Waals surface area (Å²) in [6.45, 7) is 0.548. The first-order valence-corrected chi connectivity index (χ1v) is 8.10. The molecule has 0 spiro atoms. The first kappa shape index (κ1) is 15.9. The number of nitrogens with one attached hydrogen (secondary N) is 1. The smallest absolute Gasteiger partial charge is 0.136 e. The standard InChI is InChI=1S/C17H17BrN4O/c18-12-5-3-11(4-6-12)15-8-16-14(2-1-7-20-16)17(22-15)21-10-13(23)9-19/h1-8,13,23H,9-10,19H2,(H,21,22). The number of aliphatic hydroxyl groups is 1. The van der Waals surface area contributed by atoms with Crippen LogP contribution in [0.3, 0.4) is 0 Å². The second-order valence-corrected chi connectivity index (χ2v) is 6.12. The molecule has 0 radical (unpaired) electrons. The molecule has 4 N–H and O–H groups in total. The molecule has 0 aliphatic carbocycles. The Kier molecular flexibility index (Phi) is 4.85. The van der Waals surface area contributed by atoms with Gasteiger partial charge in [-0.15, -0.1) is 0 Å². The number of nitrogens with two attached hydrogens (primary N) is 1. The van der Waals surface area contributed by atoms with Crippen LogP contribution in [0.15, 0.2) is 53.1 Å². The van der Waals surface area contributed by atoms with Crippen LogP contribution >= 0.6 is 15.9 Å². The van der Waals surface area contributed by atoms with Gasteiger partial charge in [0.05, 0.1) is 17.3 Å². The molecule has 2 heterocycles. The van der Waals surface area contributed by atoms with Crippen molar-refractivity contribution < 1.29 is 5.11 Å². The number of anilines is 1. The van der Waals surface area contributed by atoms with Crippen LogP contribution in [0.5, 0.6) is 0 Å². The van der Waals surface area contributed by atoms with Crippen molar-refractivity contribution in [3.05, 3.63) is 53.1 Å². The molecule has 0 saturated carbocycles. The highest BCUT2D eigenvalue weighted by Crippen LogP contribution is 2.27. The molecule has 1 atom stereocenters. The molecule has 5 nitrogen and oxygen atoms in total. The van der Waals surface area contributed by atoms with Crippen molar-refractivity contribution in [1.82, 2.24) is 9.97 Å². The molecule has 6 heteroatoms. The van der Waals surface area contributed by atoms with Crippen molar-refractivity contribution in [3.8, 4) is 11.3 Å². The average Bonchev–Trinajstić information content (AvgIpc) is 2.59. The third-order valence-electron chi connectivity index (χ3n) is 3.52. The number of benzene rings is 1. The van der Waals surface area contributed by atoms with E-state index in [0.29, 0.717) is 12.4 Å². The van der Waals surface area contributed by atoms with Crippen LogP contribution in [-0.2, 0) is 0 Å². The molecule has 0 saturated heterocycles. The molecule has 0 fully saturated rings. The molecular weight excluding hydrogens is 356 g/mol. The van der Waals surface area contributed by atoms with Gasteiger partial charge in [0.2, 0.25) is 0 Å². The van der Waals surface area contributed by atoms with Gasteiger partial charge in [-0.2, -0.15) is 0 Å². The molecule has 1 aromatic carbocycles. The van der Waals surface area contributed by atoms with E-state index in [2.05, 4.69) is 31.2 Å². The van der Waals surface area contributed by atoms with E-state index in [0.717, 1.165) is 26.6 Å². The fourth-order valence-corrected chi connectivity index (χ4v) is 2.54. The van der Waals surface area contributed by atoms with Gasteiger partial charge in [0, 0.05) is 34.7 Å². The van der Waals surface area contributed by atoms with Crippen molar-refractivity contribution in [2.75, 3.05) is 18.4 Å². The van der Waals surface area contributed by atoms with Gasteiger partial charge in [0.25, 0.3) is 0 Å². The van der Waals surface area contributed by atoms with Crippen molar-refractivity contribution in [2.24, 2.45) is 5.73 Å². The van der Waals surface area contributed by atoms with E-state index in [1.165, 1.54) is 0 Å². The number of hydrogen-bond acceptors (Lipinski definition) is 5. The second-order valence-electron chi connectivity index (χ2n) is 5.20. The first-order valence-electron chi connectivity index (χ1n) is 7.31. The molecule has 3 rings (SSSR count). The number of aliphatic hydroxyl groups excluding tert-OH is 1. The van der Waals surface area contributed by atoms with E-state index < -0.39 is 6.10 Å². The van der Waals surface area contributed by atoms with E-state index in [4.69, 9.17) is 5.73 Å². The van der Waals surface area contributed by atoms with Gasteiger partial charge in [0.15, 0.2) is 0 Å². The first-order chi connectivity index (χ1) is 11.2. The van der Waals surface area contributed by atoms with Crippen molar-refractivity contribution in [1.29, 1.82) is 0 Å². The molecule has 1 unspecified atom stereocenters. The highest BCUT2D eigenvalue weighted by atomic mass is 79.9. The quantitative estimate of drug-likeness (QED) is 0.641. The highest BCUT2D eigenvalue weighted by molar-refractivity contribution is 9.10. The summed E-state index contributed by atoms with van der Waals surface area (Å²) in [5, 5.41) is 13.8. The number of halogens is 1. The minimum Gasteiger partial charge on any atom is -0.390 e. The van der Waals surface area contributed by atoms with E-state index in [9.17, 15) is 5.11 Å². The zero-order chi connectivity index (χ0) is 16.2. The van der Waals surface area contributed by atoms with E-state index in [1.807, 2.05) is 42.5 Å². The Bertz CT molecular complexity index is 807. The zero-order valence-corrected chi connectivity index (χ0v) is 14.0. The van der Waals surface area contributed by atoms with E-state index in [-0.39, 0.29) is 6.54 Å². The van der Waals surface area contributed by atoms with Gasteiger partial charge < -0.3 is 16.2 Å². The predicted octanol–water partition coefficient (Wildman–Crippen LogP) is 2.79. The summed E-state index contributed by atoms with van der Waals surface area (Å²) in [4.78, 5) is 9.11. The molecular formula is C17H17BrN4O. The number of rotatable bonds is 5. The Labute approximate surface area is 142 Å². The number of nitrogens with zero attached hydrogens (tertiary/aromatic N) is 2. The van der Waals surface area contributed by atoms with Gasteiger partial charge in [-0.25, -0.2) is 4.98 Å². The lowest BCUT2D eigenvalue weighted by Crippen LogP contribution is -2.28. The van der Waals surface area contributed by atoms with Crippen LogP contribution in [0.2, 0.25) is 0 Å². The summed E-state index contributed by atoms with van der Waals surface area (Å²) in [6.07, 6.45) is 1.14. The number of fused-ring (bicyclic) bond motifs is 1. The molecule has 23 heavy (non-hydrogen) atoms. The molecule has 2 aromatic heterocycles. The van der Waals surface area contributed by atoms with Crippen LogP contribution in [0.1, 0.15) is 0 Å². The fraction of sp³-hybridized carbons (Fsp3) is 0.176. The maximum atomic E-state index is 9.67. The predicted molar refractivity (Wildman–Crippen MR) is 96.2 cm³/mol. The van der Waals surface area contributed by atoms with Gasteiger partial charge in [-0.05, 0) is 30.3 Å². The van der Waals surface area contributed by atoms with Crippen molar-refractivity contribution >= 4 is 32.7 Å². The van der Waals surface area contributed by atoms with Gasteiger partial charge in [0.1, 0.15) is 5.82 Å². The maximum Gasteiger partial charge on any atom is 0.136 e. The Morgan fingerprint density at radius 2 is 2.00 bits per heavy atom. The lowest BCUT2D eigenvalue weighted by Gasteiger charge is -2.13. The topological polar surface area (TPSA) is 84.1 Å². The van der Waals surface area contributed by atoms with E-state index >= 15 is 0 Å². The van der Waals surface area contributed by atoms with Gasteiger partial charge >= 0.3 is 0 Å². The van der Waals surface area contributed by atoms with Gasteiger partial charge in [-0.3, -0.25) is 4.98 Å². The second kappa shape index (κ2) is 7.04. The SMILES string of the molecule is NCC(O)CNc1nc(-c2ccc(Br)cc2)cc2ncccc12. The monoisotopic (exact) mass is 372 g/mol. The molecule has 0 aliphatic heterocycles. The summed E-state index contributed by atoms with van der Waals surface area (Å²) in [5.41, 5.74) is 8.14. The molecule has 0 bridgehead atoms. The Morgan fingerprint density at radius 3 is 2.74 bits per heavy atom. The molecule has 0 amide bonds. The normalized spacial score (nSPS) is 12.3. The fourth-order valence-electron chi connectivity index (χ4n) is 2.28. The van der Waals surface area contributed by atoms with E-state index in [1.54, 1.807) is 6.20 Å². The number of pyridine rings is 2. The van der Waals surface area contributed by atoms with Crippen LogP contribution in [0.25, 0.3) is 22.2 Å². The van der Waals surface area contributed by atoms with Crippen LogP contribution in [0, 0.1) is 0 Å². The summed E-state index contributed by atoms with van der Waals surface area (Å²) in [5.74, 6) is 0.695. The Balaban J connectivity index is 2.04. The summed E-state index contributed by atoms with van der Waals surface area (Å²) in [6, 6.07) is 13.7. The zero-order valence-electron chi connectivity index (χ0n) is 12.4. The van der Waals surface area contributed by atoms with Crippen LogP contribution in [0.4, 0.5) is 5.82 Å². The molecule has 0 aliphatic rings. The summed E-state index contributed by atoms with van der Waals surface area (Å²) < 4.78 is 1.02. The lowest BCUT2D eigenvalue weighted by atomic mass is 10.1. The van der Waals surface area contributed by atoms with Crippen LogP contribution in [-0.4, -0.2) is 34.3 Å². The molecule has 118 valence electrons. The van der Waals surface area contributed by atoms with Gasteiger partial charge in [-0.1, -0.05) is 28.1 Å². The number of hydrogen-bond donors (Lipinski definition) is 3. The minimum absolute atomic E-state index is 0.204. The van der Waals surface area contributed by atoms with Crippen molar-refractivity contribution in [3.63, 3.8) is 0 Å². The third-order valence-corrected chi connectivity index (χ3v) is 4.05. The average molecular weight is 373 g/mol.